The average Bonchev–Trinajstić information content (AvgIpc) is 2.63. The molecule has 1 aliphatic rings. The van der Waals surface area contributed by atoms with Crippen LogP contribution < -0.4 is 4.90 Å². The van der Waals surface area contributed by atoms with Crippen LogP contribution in [0.15, 0.2) is 48.5 Å². The zero-order chi connectivity index (χ0) is 18.5. The number of hydrogen-bond acceptors (Lipinski definition) is 3. The summed E-state index contributed by atoms with van der Waals surface area (Å²) in [7, 11) is 0. The second-order valence-electron chi connectivity index (χ2n) is 6.98. The van der Waals surface area contributed by atoms with E-state index >= 15 is 0 Å². The van der Waals surface area contributed by atoms with E-state index in [1.54, 1.807) is 12.1 Å². The number of nitrogens with zero attached hydrogens (tertiary/aromatic N) is 2. The maximum Gasteiger partial charge on any atom is 0.317 e. The number of aliphatic carboxylic acids is 1. The Kier molecular flexibility index (Phi) is 5.89. The molecule has 5 heteroatoms. The maximum absolute atomic E-state index is 13.4. The Balaban J connectivity index is 1.64. The van der Waals surface area contributed by atoms with Gasteiger partial charge < -0.3 is 10.0 Å². The molecule has 2 aromatic carbocycles. The zero-order valence-corrected chi connectivity index (χ0v) is 15.1. The fourth-order valence-electron chi connectivity index (χ4n) is 3.58. The van der Waals surface area contributed by atoms with Gasteiger partial charge >= 0.3 is 5.97 Å². The van der Waals surface area contributed by atoms with Crippen molar-refractivity contribution in [2.75, 3.05) is 24.5 Å². The van der Waals surface area contributed by atoms with Crippen molar-refractivity contribution in [3.63, 3.8) is 0 Å². The molecule has 0 aliphatic carbocycles. The van der Waals surface area contributed by atoms with Crippen LogP contribution in [-0.4, -0.2) is 41.7 Å². The van der Waals surface area contributed by atoms with E-state index in [2.05, 4.69) is 34.1 Å². The number of carboxylic acids is 1. The summed E-state index contributed by atoms with van der Waals surface area (Å²) in [5.74, 6) is -1.03. The summed E-state index contributed by atoms with van der Waals surface area (Å²) in [6.45, 7) is 4.33. The first kappa shape index (κ1) is 18.4. The van der Waals surface area contributed by atoms with Crippen molar-refractivity contribution in [1.29, 1.82) is 0 Å². The molecular weight excluding hydrogens is 331 g/mol. The van der Waals surface area contributed by atoms with Gasteiger partial charge in [-0.25, -0.2) is 4.39 Å². The Morgan fingerprint density at radius 3 is 2.50 bits per heavy atom. The molecule has 3 rings (SSSR count). The summed E-state index contributed by atoms with van der Waals surface area (Å²) in [6.07, 6.45) is 1.74. The first-order chi connectivity index (χ1) is 12.5. The van der Waals surface area contributed by atoms with Gasteiger partial charge in [-0.05, 0) is 43.5 Å². The monoisotopic (exact) mass is 356 g/mol. The smallest absolute Gasteiger partial charge is 0.317 e. The van der Waals surface area contributed by atoms with E-state index in [9.17, 15) is 14.3 Å². The molecule has 0 radical (unpaired) electrons. The van der Waals surface area contributed by atoms with Crippen molar-refractivity contribution >= 4 is 11.7 Å². The summed E-state index contributed by atoms with van der Waals surface area (Å²) in [5, 5.41) is 9.30. The highest BCUT2D eigenvalue weighted by atomic mass is 19.1. The van der Waals surface area contributed by atoms with Gasteiger partial charge in [0.05, 0.1) is 6.54 Å². The van der Waals surface area contributed by atoms with Gasteiger partial charge in [0, 0.05) is 31.4 Å². The lowest BCUT2D eigenvalue weighted by Gasteiger charge is -2.39. The number of anilines is 1. The molecule has 1 saturated heterocycles. The molecule has 0 atom stereocenters. The number of halogens is 1. The second kappa shape index (κ2) is 8.32. The summed E-state index contributed by atoms with van der Waals surface area (Å²) in [6, 6.07) is 15.1. The Morgan fingerprint density at radius 2 is 1.88 bits per heavy atom. The standard InChI is InChI=1S/C21H25FN2O2/c1-16-5-7-17(8-6-16)14-24(15-21(25)26)19-9-11-23(12-10-19)20-4-2-3-18(22)13-20/h2-8,13,19H,9-12,14-15H2,1H3,(H,25,26). The van der Waals surface area contributed by atoms with Gasteiger partial charge in [0.2, 0.25) is 0 Å². The molecule has 0 unspecified atom stereocenters. The fourth-order valence-corrected chi connectivity index (χ4v) is 3.58. The highest BCUT2D eigenvalue weighted by Gasteiger charge is 2.26. The number of piperidine rings is 1. The van der Waals surface area contributed by atoms with E-state index in [1.807, 2.05) is 13.0 Å². The second-order valence-corrected chi connectivity index (χ2v) is 6.98. The Morgan fingerprint density at radius 1 is 1.19 bits per heavy atom. The van der Waals surface area contributed by atoms with Crippen molar-refractivity contribution in [3.8, 4) is 0 Å². The summed E-state index contributed by atoms with van der Waals surface area (Å²) in [5.41, 5.74) is 3.22. The molecule has 4 nitrogen and oxygen atoms in total. The van der Waals surface area contributed by atoms with Gasteiger partial charge in [-0.1, -0.05) is 35.9 Å². The Hall–Kier alpha value is -2.40. The Labute approximate surface area is 153 Å². The molecule has 138 valence electrons. The van der Waals surface area contributed by atoms with E-state index in [0.717, 1.165) is 37.2 Å². The lowest BCUT2D eigenvalue weighted by atomic mass is 10.0. The number of benzene rings is 2. The van der Waals surface area contributed by atoms with E-state index < -0.39 is 5.97 Å². The molecule has 1 fully saturated rings. The minimum Gasteiger partial charge on any atom is -0.480 e. The third kappa shape index (κ3) is 4.82. The number of carboxylic acid groups (broad SMARTS) is 1. The third-order valence-electron chi connectivity index (χ3n) is 5.00. The van der Waals surface area contributed by atoms with Gasteiger partial charge in [-0.15, -0.1) is 0 Å². The van der Waals surface area contributed by atoms with Gasteiger partial charge in [-0.3, -0.25) is 9.69 Å². The van der Waals surface area contributed by atoms with Crippen molar-refractivity contribution in [3.05, 3.63) is 65.5 Å². The third-order valence-corrected chi connectivity index (χ3v) is 5.00. The van der Waals surface area contributed by atoms with Gasteiger partial charge in [0.1, 0.15) is 5.82 Å². The van der Waals surface area contributed by atoms with Gasteiger partial charge in [-0.2, -0.15) is 0 Å². The molecule has 0 saturated carbocycles. The highest BCUT2D eigenvalue weighted by Crippen LogP contribution is 2.24. The Bertz CT molecular complexity index is 740. The van der Waals surface area contributed by atoms with Crippen LogP contribution >= 0.6 is 0 Å². The zero-order valence-electron chi connectivity index (χ0n) is 15.1. The van der Waals surface area contributed by atoms with Crippen LogP contribution in [0, 0.1) is 12.7 Å². The lowest BCUT2D eigenvalue weighted by Crippen LogP contribution is -2.46. The maximum atomic E-state index is 13.4. The number of aryl methyl sites for hydroxylation is 1. The molecule has 2 aromatic rings. The van der Waals surface area contributed by atoms with Crippen LogP contribution in [0.3, 0.4) is 0 Å². The van der Waals surface area contributed by atoms with Crippen LogP contribution in [0.4, 0.5) is 10.1 Å². The van der Waals surface area contributed by atoms with E-state index in [4.69, 9.17) is 0 Å². The molecule has 26 heavy (non-hydrogen) atoms. The molecule has 0 aromatic heterocycles. The van der Waals surface area contributed by atoms with Crippen molar-refractivity contribution in [1.82, 2.24) is 4.90 Å². The van der Waals surface area contributed by atoms with Crippen LogP contribution in [0.2, 0.25) is 0 Å². The van der Waals surface area contributed by atoms with Gasteiger partial charge in [0.15, 0.2) is 0 Å². The predicted molar refractivity (Wildman–Crippen MR) is 101 cm³/mol. The summed E-state index contributed by atoms with van der Waals surface area (Å²) >= 11 is 0. The molecular formula is C21H25FN2O2. The molecule has 0 amide bonds. The topological polar surface area (TPSA) is 43.8 Å². The highest BCUT2D eigenvalue weighted by molar-refractivity contribution is 5.69. The molecule has 1 aliphatic heterocycles. The number of carbonyl (C=O) groups is 1. The average molecular weight is 356 g/mol. The summed E-state index contributed by atoms with van der Waals surface area (Å²) in [4.78, 5) is 15.5. The van der Waals surface area contributed by atoms with E-state index in [0.29, 0.717) is 6.54 Å². The van der Waals surface area contributed by atoms with Crippen LogP contribution in [0.5, 0.6) is 0 Å². The van der Waals surface area contributed by atoms with Crippen molar-refractivity contribution in [2.45, 2.75) is 32.4 Å². The number of rotatable bonds is 6. The minimum absolute atomic E-state index is 0.0402. The lowest BCUT2D eigenvalue weighted by molar-refractivity contribution is -0.139. The predicted octanol–water partition coefficient (Wildman–Crippen LogP) is 3.69. The molecule has 0 spiro atoms. The van der Waals surface area contributed by atoms with E-state index in [1.165, 1.54) is 11.6 Å². The van der Waals surface area contributed by atoms with Gasteiger partial charge in [0.25, 0.3) is 0 Å². The normalized spacial score (nSPS) is 15.4. The first-order valence-electron chi connectivity index (χ1n) is 9.03. The number of hydrogen-bond donors (Lipinski definition) is 1. The largest absolute Gasteiger partial charge is 0.480 e. The van der Waals surface area contributed by atoms with Crippen LogP contribution in [0.25, 0.3) is 0 Å². The van der Waals surface area contributed by atoms with Crippen molar-refractivity contribution in [2.24, 2.45) is 0 Å². The molecule has 0 bridgehead atoms. The quantitative estimate of drug-likeness (QED) is 0.857. The minimum atomic E-state index is -0.801. The van der Waals surface area contributed by atoms with Crippen LogP contribution in [-0.2, 0) is 11.3 Å². The first-order valence-corrected chi connectivity index (χ1v) is 9.03. The van der Waals surface area contributed by atoms with Crippen molar-refractivity contribution < 1.29 is 14.3 Å². The molecule has 1 N–H and O–H groups in total. The van der Waals surface area contributed by atoms with E-state index in [-0.39, 0.29) is 18.4 Å². The molecule has 1 heterocycles. The fraction of sp³-hybridized carbons (Fsp3) is 0.381. The SMILES string of the molecule is Cc1ccc(CN(CC(=O)O)C2CCN(c3cccc(F)c3)CC2)cc1. The van der Waals surface area contributed by atoms with Crippen LogP contribution in [0.1, 0.15) is 24.0 Å². The summed E-state index contributed by atoms with van der Waals surface area (Å²) < 4.78 is 13.4.